The van der Waals surface area contributed by atoms with Crippen LogP contribution < -0.4 is 10.1 Å². The number of amides is 1. The van der Waals surface area contributed by atoms with Crippen molar-refractivity contribution < 1.29 is 22.7 Å². The summed E-state index contributed by atoms with van der Waals surface area (Å²) >= 11 is 0. The molecule has 0 aromatic carbocycles. The van der Waals surface area contributed by atoms with E-state index in [4.69, 9.17) is 4.74 Å². The molecule has 1 saturated carbocycles. The number of hydrogen-bond acceptors (Lipinski definition) is 3. The summed E-state index contributed by atoms with van der Waals surface area (Å²) < 4.78 is 42.9. The molecule has 0 spiro atoms. The minimum absolute atomic E-state index is 0.0907. The highest BCUT2D eigenvalue weighted by Crippen LogP contribution is 2.45. The lowest BCUT2D eigenvalue weighted by Gasteiger charge is -2.31. The Morgan fingerprint density at radius 3 is 2.67 bits per heavy atom. The molecule has 2 heterocycles. The fourth-order valence-corrected chi connectivity index (χ4v) is 3.35. The highest BCUT2D eigenvalue weighted by Gasteiger charge is 2.39. The molecule has 7 heteroatoms. The topological polar surface area (TPSA) is 51.2 Å². The molecular weight excluding hydrogens is 357 g/mol. The summed E-state index contributed by atoms with van der Waals surface area (Å²) in [4.78, 5) is 17.1. The number of nitrogens with one attached hydrogen (secondary N) is 1. The first kappa shape index (κ1) is 19.7. The molecule has 27 heavy (non-hydrogen) atoms. The van der Waals surface area contributed by atoms with E-state index in [1.54, 1.807) is 6.20 Å². The van der Waals surface area contributed by atoms with Crippen LogP contribution in [0.1, 0.15) is 63.6 Å². The second kappa shape index (κ2) is 7.17. The zero-order chi connectivity index (χ0) is 19.8. The van der Waals surface area contributed by atoms with Crippen LogP contribution in [0.15, 0.2) is 18.3 Å². The standard InChI is InChI=1S/C20H25F3N2O2/c1-4-19(3)12(2)5-8-15(25-18(19)26)16-9-17(27-11-20(21,22)23)14(10-24-16)13-6-7-13/h8-10,12-13H,4-7,11H2,1-3H3,(H,25,26). The molecular formula is C20H25F3N2O2. The fraction of sp³-hybridized carbons (Fsp3) is 0.600. The maximum Gasteiger partial charge on any atom is 0.422 e. The van der Waals surface area contributed by atoms with Crippen LogP contribution in [0.4, 0.5) is 13.2 Å². The maximum absolute atomic E-state index is 12.7. The third-order valence-corrected chi connectivity index (χ3v) is 5.84. The number of carbonyl (C=O) groups excluding carboxylic acids is 1. The van der Waals surface area contributed by atoms with Gasteiger partial charge in [-0.25, -0.2) is 0 Å². The Morgan fingerprint density at radius 2 is 2.07 bits per heavy atom. The van der Waals surface area contributed by atoms with E-state index in [1.807, 2.05) is 26.8 Å². The molecule has 1 fully saturated rings. The van der Waals surface area contributed by atoms with Crippen LogP contribution in [-0.4, -0.2) is 23.7 Å². The van der Waals surface area contributed by atoms with Crippen LogP contribution >= 0.6 is 0 Å². The van der Waals surface area contributed by atoms with Gasteiger partial charge in [-0.05, 0) is 37.5 Å². The van der Waals surface area contributed by atoms with Gasteiger partial charge in [-0.2, -0.15) is 13.2 Å². The van der Waals surface area contributed by atoms with Crippen molar-refractivity contribution in [2.45, 2.75) is 58.5 Å². The first-order chi connectivity index (χ1) is 12.6. The molecule has 2 atom stereocenters. The van der Waals surface area contributed by atoms with Gasteiger partial charge in [0.15, 0.2) is 6.61 Å². The molecule has 1 N–H and O–H groups in total. The molecule has 4 nitrogen and oxygen atoms in total. The highest BCUT2D eigenvalue weighted by molar-refractivity contribution is 5.91. The molecule has 2 aliphatic rings. The van der Waals surface area contributed by atoms with Crippen molar-refractivity contribution in [3.63, 3.8) is 0 Å². The van der Waals surface area contributed by atoms with Gasteiger partial charge < -0.3 is 10.1 Å². The number of halogens is 3. The van der Waals surface area contributed by atoms with E-state index >= 15 is 0 Å². The van der Waals surface area contributed by atoms with E-state index in [9.17, 15) is 18.0 Å². The van der Waals surface area contributed by atoms with E-state index in [-0.39, 0.29) is 23.5 Å². The van der Waals surface area contributed by atoms with Crippen molar-refractivity contribution in [2.24, 2.45) is 11.3 Å². The Balaban J connectivity index is 1.89. The molecule has 1 aliphatic carbocycles. The quantitative estimate of drug-likeness (QED) is 0.795. The number of allylic oxidation sites excluding steroid dienone is 1. The molecule has 0 saturated heterocycles. The smallest absolute Gasteiger partial charge is 0.422 e. The van der Waals surface area contributed by atoms with Crippen LogP contribution in [-0.2, 0) is 4.79 Å². The predicted molar refractivity (Wildman–Crippen MR) is 96.1 cm³/mol. The average Bonchev–Trinajstić information content (AvgIpc) is 3.46. The molecule has 3 rings (SSSR count). The van der Waals surface area contributed by atoms with Gasteiger partial charge in [-0.1, -0.05) is 26.8 Å². The van der Waals surface area contributed by atoms with Gasteiger partial charge in [0.1, 0.15) is 5.75 Å². The van der Waals surface area contributed by atoms with Gasteiger partial charge in [-0.3, -0.25) is 9.78 Å². The lowest BCUT2D eigenvalue weighted by atomic mass is 9.74. The summed E-state index contributed by atoms with van der Waals surface area (Å²) in [6, 6.07) is 1.52. The summed E-state index contributed by atoms with van der Waals surface area (Å²) in [5.74, 6) is 0.459. The number of rotatable bonds is 5. The van der Waals surface area contributed by atoms with Crippen molar-refractivity contribution in [1.29, 1.82) is 0 Å². The predicted octanol–water partition coefficient (Wildman–Crippen LogP) is 4.81. The third-order valence-electron chi connectivity index (χ3n) is 5.84. The van der Waals surface area contributed by atoms with E-state index in [2.05, 4.69) is 10.3 Å². The third kappa shape index (κ3) is 4.28. The van der Waals surface area contributed by atoms with Crippen LogP contribution in [0.5, 0.6) is 5.75 Å². The highest BCUT2D eigenvalue weighted by atomic mass is 19.4. The van der Waals surface area contributed by atoms with Crippen LogP contribution in [0.3, 0.4) is 0 Å². The normalized spacial score (nSPS) is 26.2. The molecule has 1 aliphatic heterocycles. The van der Waals surface area contributed by atoms with E-state index in [1.165, 1.54) is 6.07 Å². The summed E-state index contributed by atoms with van der Waals surface area (Å²) in [7, 11) is 0. The molecule has 1 aromatic heterocycles. The summed E-state index contributed by atoms with van der Waals surface area (Å²) in [5.41, 5.74) is 1.16. The zero-order valence-corrected chi connectivity index (χ0v) is 15.8. The number of carbonyl (C=O) groups is 1. The lowest BCUT2D eigenvalue weighted by molar-refractivity contribution is -0.153. The number of nitrogens with zero attached hydrogens (tertiary/aromatic N) is 1. The molecule has 1 aromatic rings. The fourth-order valence-electron chi connectivity index (χ4n) is 3.35. The largest absolute Gasteiger partial charge is 0.484 e. The second-order valence-corrected chi connectivity index (χ2v) is 7.77. The Morgan fingerprint density at radius 1 is 1.37 bits per heavy atom. The number of pyridine rings is 1. The Hall–Kier alpha value is -2.05. The van der Waals surface area contributed by atoms with Gasteiger partial charge in [-0.15, -0.1) is 0 Å². The molecule has 0 radical (unpaired) electrons. The van der Waals surface area contributed by atoms with E-state index in [0.717, 1.165) is 12.8 Å². The van der Waals surface area contributed by atoms with Crippen LogP contribution in [0.2, 0.25) is 0 Å². The molecule has 0 bridgehead atoms. The van der Waals surface area contributed by atoms with Crippen molar-refractivity contribution >= 4 is 11.6 Å². The minimum Gasteiger partial charge on any atom is -0.484 e. The summed E-state index contributed by atoms with van der Waals surface area (Å²) in [6.45, 7) is 4.61. The van der Waals surface area contributed by atoms with E-state index in [0.29, 0.717) is 29.8 Å². The first-order valence-corrected chi connectivity index (χ1v) is 9.35. The van der Waals surface area contributed by atoms with Gasteiger partial charge in [0.25, 0.3) is 0 Å². The van der Waals surface area contributed by atoms with Crippen LogP contribution in [0, 0.1) is 11.3 Å². The first-order valence-electron chi connectivity index (χ1n) is 9.35. The maximum atomic E-state index is 12.7. The Bertz CT molecular complexity index is 756. The van der Waals surface area contributed by atoms with Gasteiger partial charge in [0.2, 0.25) is 5.91 Å². The van der Waals surface area contributed by atoms with Gasteiger partial charge in [0, 0.05) is 23.2 Å². The van der Waals surface area contributed by atoms with Crippen molar-refractivity contribution in [3.8, 4) is 5.75 Å². The van der Waals surface area contributed by atoms with Crippen molar-refractivity contribution in [2.75, 3.05) is 6.61 Å². The molecule has 2 unspecified atom stereocenters. The Kier molecular flexibility index (Phi) is 5.23. The Labute approximate surface area is 157 Å². The van der Waals surface area contributed by atoms with E-state index < -0.39 is 18.2 Å². The summed E-state index contributed by atoms with van der Waals surface area (Å²) in [5, 5.41) is 2.91. The average molecular weight is 382 g/mol. The number of ether oxygens (including phenoxy) is 1. The number of alkyl halides is 3. The van der Waals surface area contributed by atoms with Gasteiger partial charge in [0.05, 0.1) is 11.4 Å². The number of hydrogen-bond donors (Lipinski definition) is 1. The lowest BCUT2D eigenvalue weighted by Crippen LogP contribution is -2.40. The second-order valence-electron chi connectivity index (χ2n) is 7.77. The SMILES string of the molecule is CCC1(C)C(=O)NC(c2cc(OCC(F)(F)F)c(C3CC3)cn2)=CCC1C. The van der Waals surface area contributed by atoms with Gasteiger partial charge >= 0.3 is 6.18 Å². The van der Waals surface area contributed by atoms with Crippen LogP contribution in [0.25, 0.3) is 5.70 Å². The summed E-state index contributed by atoms with van der Waals surface area (Å²) in [6.07, 6.45) is 2.32. The number of aromatic nitrogens is 1. The zero-order valence-electron chi connectivity index (χ0n) is 15.8. The monoisotopic (exact) mass is 382 g/mol. The molecule has 1 amide bonds. The minimum atomic E-state index is -4.40. The van der Waals surface area contributed by atoms with Crippen molar-refractivity contribution in [1.82, 2.24) is 10.3 Å². The van der Waals surface area contributed by atoms with Crippen molar-refractivity contribution in [3.05, 3.63) is 29.6 Å². The molecule has 148 valence electrons.